The normalized spacial score (nSPS) is 13.1. The smallest absolute Gasteiger partial charge is 0.152 e. The van der Waals surface area contributed by atoms with Crippen molar-refractivity contribution in [2.75, 3.05) is 24.7 Å². The van der Waals surface area contributed by atoms with Gasteiger partial charge in [0.1, 0.15) is 0 Å². The molecule has 0 amide bonds. The summed E-state index contributed by atoms with van der Waals surface area (Å²) >= 11 is 0. The molecule has 2 N–H and O–H groups in total. The molecule has 86 valence electrons. The van der Waals surface area contributed by atoms with Gasteiger partial charge in [-0.15, -0.1) is 0 Å². The average molecular weight is 223 g/mol. The first-order valence-electron chi connectivity index (χ1n) is 4.81. The third-order valence-electron chi connectivity index (χ3n) is 1.59. The maximum Gasteiger partial charge on any atom is 0.152 e. The van der Waals surface area contributed by atoms with Crippen LogP contribution < -0.4 is 5.73 Å². The number of hydrogen-bond acceptors (Lipinski definition) is 4. The van der Waals surface area contributed by atoms with E-state index in [1.54, 1.807) is 0 Å². The van der Waals surface area contributed by atoms with E-state index in [0.717, 1.165) is 0 Å². The molecule has 0 aromatic rings. The third-order valence-corrected chi connectivity index (χ3v) is 3.29. The standard InChI is InChI=1S/C9H21NO3S/c1-9(2,3)13-6-8-14(11,12)7-4-5-10/h4-8,10H2,1-3H3. The highest BCUT2D eigenvalue weighted by Gasteiger charge is 2.14. The molecule has 5 heteroatoms. The highest BCUT2D eigenvalue weighted by atomic mass is 32.2. The Hall–Kier alpha value is -0.130. The van der Waals surface area contributed by atoms with E-state index in [4.69, 9.17) is 10.5 Å². The van der Waals surface area contributed by atoms with Crippen molar-refractivity contribution in [3.05, 3.63) is 0 Å². The van der Waals surface area contributed by atoms with E-state index in [0.29, 0.717) is 13.0 Å². The van der Waals surface area contributed by atoms with E-state index in [1.165, 1.54) is 0 Å². The average Bonchev–Trinajstić information content (AvgIpc) is 1.98. The van der Waals surface area contributed by atoms with Crippen molar-refractivity contribution in [2.45, 2.75) is 32.8 Å². The molecule has 0 radical (unpaired) electrons. The molecule has 0 aromatic heterocycles. The fourth-order valence-corrected chi connectivity index (χ4v) is 2.03. The minimum absolute atomic E-state index is 0.0876. The van der Waals surface area contributed by atoms with Crippen molar-refractivity contribution < 1.29 is 13.2 Å². The van der Waals surface area contributed by atoms with Crippen molar-refractivity contribution in [1.82, 2.24) is 0 Å². The summed E-state index contributed by atoms with van der Waals surface area (Å²) in [5, 5.41) is 0. The van der Waals surface area contributed by atoms with Crippen molar-refractivity contribution in [2.24, 2.45) is 5.73 Å². The lowest BCUT2D eigenvalue weighted by Gasteiger charge is -2.19. The number of rotatable bonds is 6. The maximum absolute atomic E-state index is 11.3. The quantitative estimate of drug-likeness (QED) is 0.714. The lowest BCUT2D eigenvalue weighted by molar-refractivity contribution is 0.00645. The van der Waals surface area contributed by atoms with Gasteiger partial charge in [-0.05, 0) is 33.7 Å². The largest absolute Gasteiger partial charge is 0.375 e. The van der Waals surface area contributed by atoms with E-state index in [9.17, 15) is 8.42 Å². The Morgan fingerprint density at radius 1 is 1.21 bits per heavy atom. The van der Waals surface area contributed by atoms with Crippen LogP contribution in [0.25, 0.3) is 0 Å². The van der Waals surface area contributed by atoms with Gasteiger partial charge >= 0.3 is 0 Å². The summed E-state index contributed by atoms with van der Waals surface area (Å²) in [6, 6.07) is 0. The number of nitrogens with two attached hydrogens (primary N) is 1. The van der Waals surface area contributed by atoms with Crippen LogP contribution in [0.3, 0.4) is 0 Å². The molecule has 0 unspecified atom stereocenters. The molecule has 0 aliphatic rings. The van der Waals surface area contributed by atoms with Gasteiger partial charge in [0.05, 0.1) is 23.7 Å². The molecule has 4 nitrogen and oxygen atoms in total. The van der Waals surface area contributed by atoms with Gasteiger partial charge in [0.25, 0.3) is 0 Å². The first kappa shape index (κ1) is 13.9. The minimum atomic E-state index is -2.97. The summed E-state index contributed by atoms with van der Waals surface area (Å²) in [6.45, 7) is 6.38. The lowest BCUT2D eigenvalue weighted by atomic mass is 10.2. The van der Waals surface area contributed by atoms with Crippen LogP contribution in [0.15, 0.2) is 0 Å². The predicted octanol–water partition coefficient (Wildman–Crippen LogP) is 0.565. The molecule has 0 aliphatic heterocycles. The predicted molar refractivity (Wildman–Crippen MR) is 58.0 cm³/mol. The van der Waals surface area contributed by atoms with Crippen molar-refractivity contribution in [1.29, 1.82) is 0 Å². The molecular weight excluding hydrogens is 202 g/mol. The Kier molecular flexibility index (Phi) is 5.63. The molecule has 0 spiro atoms. The second-order valence-corrected chi connectivity index (χ2v) is 6.56. The number of sulfone groups is 1. The van der Waals surface area contributed by atoms with Crippen molar-refractivity contribution in [3.8, 4) is 0 Å². The van der Waals surface area contributed by atoms with Gasteiger partial charge in [-0.3, -0.25) is 0 Å². The van der Waals surface area contributed by atoms with Crippen molar-refractivity contribution in [3.63, 3.8) is 0 Å². The molecule has 0 heterocycles. The van der Waals surface area contributed by atoms with Crippen LogP contribution >= 0.6 is 0 Å². The van der Waals surface area contributed by atoms with Crippen LogP contribution in [0.2, 0.25) is 0 Å². The second kappa shape index (κ2) is 5.68. The monoisotopic (exact) mass is 223 g/mol. The van der Waals surface area contributed by atoms with Crippen molar-refractivity contribution >= 4 is 9.84 Å². The van der Waals surface area contributed by atoms with E-state index < -0.39 is 9.84 Å². The van der Waals surface area contributed by atoms with Gasteiger partial charge in [-0.25, -0.2) is 8.42 Å². The molecule has 14 heavy (non-hydrogen) atoms. The topological polar surface area (TPSA) is 69.4 Å². The van der Waals surface area contributed by atoms with Gasteiger partial charge in [-0.2, -0.15) is 0 Å². The van der Waals surface area contributed by atoms with Gasteiger partial charge in [0.2, 0.25) is 0 Å². The summed E-state index contributed by atoms with van der Waals surface area (Å²) < 4.78 is 28.0. The van der Waals surface area contributed by atoms with Gasteiger partial charge in [0, 0.05) is 0 Å². The molecule has 0 aliphatic carbocycles. The van der Waals surface area contributed by atoms with Gasteiger partial charge in [-0.1, -0.05) is 0 Å². The van der Waals surface area contributed by atoms with E-state index in [2.05, 4.69) is 0 Å². The molecule has 0 saturated heterocycles. The van der Waals surface area contributed by atoms with E-state index in [1.807, 2.05) is 20.8 Å². The summed E-state index contributed by atoms with van der Waals surface area (Å²) in [6.07, 6.45) is 0.526. The highest BCUT2D eigenvalue weighted by Crippen LogP contribution is 2.06. The summed E-state index contributed by atoms with van der Waals surface area (Å²) in [4.78, 5) is 0. The summed E-state index contributed by atoms with van der Waals surface area (Å²) in [7, 11) is -2.97. The Balaban J connectivity index is 3.78. The highest BCUT2D eigenvalue weighted by molar-refractivity contribution is 7.91. The van der Waals surface area contributed by atoms with Crippen LogP contribution in [0.1, 0.15) is 27.2 Å². The molecule has 0 fully saturated rings. The molecule has 0 atom stereocenters. The lowest BCUT2D eigenvalue weighted by Crippen LogP contribution is -2.25. The maximum atomic E-state index is 11.3. The first-order valence-corrected chi connectivity index (χ1v) is 6.63. The fourth-order valence-electron chi connectivity index (χ4n) is 0.880. The zero-order chi connectivity index (χ0) is 11.2. The molecule has 0 bridgehead atoms. The fraction of sp³-hybridized carbons (Fsp3) is 1.00. The van der Waals surface area contributed by atoms with Gasteiger partial charge in [0.15, 0.2) is 9.84 Å². The van der Waals surface area contributed by atoms with Crippen LogP contribution in [0, 0.1) is 0 Å². The number of hydrogen-bond donors (Lipinski definition) is 1. The molecular formula is C9H21NO3S. The zero-order valence-electron chi connectivity index (χ0n) is 9.25. The first-order chi connectivity index (χ1) is 6.27. The molecule has 0 rings (SSSR count). The Morgan fingerprint density at radius 3 is 2.21 bits per heavy atom. The van der Waals surface area contributed by atoms with E-state index in [-0.39, 0.29) is 23.7 Å². The molecule has 0 aromatic carbocycles. The van der Waals surface area contributed by atoms with E-state index >= 15 is 0 Å². The Bertz CT molecular complexity index is 241. The third kappa shape index (κ3) is 8.47. The van der Waals surface area contributed by atoms with Crippen LogP contribution in [-0.4, -0.2) is 38.7 Å². The van der Waals surface area contributed by atoms with Crippen LogP contribution in [-0.2, 0) is 14.6 Å². The zero-order valence-corrected chi connectivity index (χ0v) is 10.1. The summed E-state index contributed by atoms with van der Waals surface area (Å²) in [5.74, 6) is 0.251. The Morgan fingerprint density at radius 2 is 1.79 bits per heavy atom. The van der Waals surface area contributed by atoms with Crippen LogP contribution in [0.4, 0.5) is 0 Å². The van der Waals surface area contributed by atoms with Gasteiger partial charge < -0.3 is 10.5 Å². The number of ether oxygens (including phenoxy) is 1. The minimum Gasteiger partial charge on any atom is -0.375 e. The van der Waals surface area contributed by atoms with Crippen LogP contribution in [0.5, 0.6) is 0 Å². The Labute approximate surface area is 86.7 Å². The second-order valence-electron chi connectivity index (χ2n) is 4.25. The molecule has 0 saturated carbocycles. The summed E-state index contributed by atoms with van der Waals surface area (Å²) in [5.41, 5.74) is 4.96. The SMILES string of the molecule is CC(C)(C)OCCS(=O)(=O)CCCN.